The molecule has 0 aliphatic carbocycles. The number of aryl methyl sites for hydroxylation is 1. The van der Waals surface area contributed by atoms with Gasteiger partial charge >= 0.3 is 0 Å². The molecule has 34 heavy (non-hydrogen) atoms. The van der Waals surface area contributed by atoms with Gasteiger partial charge < -0.3 is 26.4 Å². The molecule has 3 heterocycles. The van der Waals surface area contributed by atoms with E-state index >= 15 is 0 Å². The van der Waals surface area contributed by atoms with Crippen LogP contribution in [0.25, 0.3) is 22.5 Å². The third-order valence-electron chi connectivity index (χ3n) is 5.56. The van der Waals surface area contributed by atoms with Gasteiger partial charge in [-0.25, -0.2) is 4.98 Å². The average molecular weight is 458 g/mol. The topological polar surface area (TPSA) is 152 Å². The van der Waals surface area contributed by atoms with Crippen molar-refractivity contribution in [3.05, 3.63) is 77.9 Å². The molecule has 1 aromatic carbocycles. The van der Waals surface area contributed by atoms with Crippen molar-refractivity contribution in [2.75, 3.05) is 18.1 Å². The highest BCUT2D eigenvalue weighted by Crippen LogP contribution is 2.37. The molecule has 0 aliphatic heterocycles. The number of anilines is 2. The molecule has 4 aromatic rings. The van der Waals surface area contributed by atoms with Crippen molar-refractivity contribution in [2.45, 2.75) is 26.3 Å². The zero-order chi connectivity index (χ0) is 24.2. The third-order valence-corrected chi connectivity index (χ3v) is 5.56. The molecule has 0 unspecified atom stereocenters. The normalized spacial score (nSPS) is 11.9. The van der Waals surface area contributed by atoms with E-state index in [-0.39, 0.29) is 18.5 Å². The maximum atomic E-state index is 6.31. The Labute approximate surface area is 198 Å². The number of nitrogens with zero attached hydrogens (tertiary/aromatic N) is 2. The molecular weight excluding hydrogens is 428 g/mol. The molecule has 0 amide bonds. The Bertz CT molecular complexity index is 1320. The van der Waals surface area contributed by atoms with Crippen LogP contribution in [-0.2, 0) is 6.42 Å². The van der Waals surface area contributed by atoms with Gasteiger partial charge in [0.1, 0.15) is 12.4 Å². The second kappa shape index (κ2) is 9.76. The predicted octanol–water partition coefficient (Wildman–Crippen LogP) is 2.39. The number of pyridine rings is 2. The summed E-state index contributed by atoms with van der Waals surface area (Å²) in [6.45, 7) is 3.94. The summed E-state index contributed by atoms with van der Waals surface area (Å²) in [4.78, 5) is 9.18. The Kier molecular flexibility index (Phi) is 6.60. The number of nitrogen functional groups attached to an aromatic ring is 2. The smallest absolute Gasteiger partial charge is 0.179 e. The molecule has 0 fully saturated rings. The van der Waals surface area contributed by atoms with E-state index < -0.39 is 0 Å². The van der Waals surface area contributed by atoms with E-state index in [1.54, 1.807) is 19.4 Å². The molecule has 0 spiro atoms. The second-order valence-corrected chi connectivity index (χ2v) is 8.26. The number of furan rings is 1. The van der Waals surface area contributed by atoms with Crippen LogP contribution in [0.1, 0.15) is 23.8 Å². The number of rotatable bonds is 8. The van der Waals surface area contributed by atoms with Gasteiger partial charge in [0.2, 0.25) is 0 Å². The number of aromatic nitrogens is 2. The first-order chi connectivity index (χ1) is 16.3. The summed E-state index contributed by atoms with van der Waals surface area (Å²) in [5.74, 6) is 1.39. The van der Waals surface area contributed by atoms with Gasteiger partial charge in [0.25, 0.3) is 0 Å². The van der Waals surface area contributed by atoms with Crippen LogP contribution in [0.2, 0.25) is 0 Å². The highest BCUT2D eigenvalue weighted by molar-refractivity contribution is 6.00. The van der Waals surface area contributed by atoms with Crippen LogP contribution < -0.4 is 27.3 Å². The second-order valence-electron chi connectivity index (χ2n) is 8.26. The number of benzene rings is 1. The van der Waals surface area contributed by atoms with Crippen LogP contribution >= 0.6 is 0 Å². The molecule has 0 saturated carbocycles. The van der Waals surface area contributed by atoms with Crippen LogP contribution in [0.15, 0.2) is 65.4 Å². The van der Waals surface area contributed by atoms with Crippen molar-refractivity contribution in [2.24, 2.45) is 5.73 Å². The minimum atomic E-state index is -0.211. The minimum Gasteiger partial charge on any atom is -0.488 e. The molecule has 0 aliphatic rings. The summed E-state index contributed by atoms with van der Waals surface area (Å²) in [6.07, 6.45) is 3.88. The summed E-state index contributed by atoms with van der Waals surface area (Å²) in [5, 5.41) is 6.04. The van der Waals surface area contributed by atoms with E-state index in [2.05, 4.69) is 9.97 Å². The minimum absolute atomic E-state index is 0.211. The van der Waals surface area contributed by atoms with Gasteiger partial charge in [0.05, 0.1) is 35.1 Å². The number of hydrogen-bond donors (Lipinski definition) is 4. The standard InChI is InChI=1S/C26H28N6O2/c1-15(27)20-11-23(31-13-22(20)29)21-12-24(26(30)32-25(21)19-8-9-33-16(19)2)34-14-18(28)10-17-6-4-3-5-7-17/h3-9,11-13,18,27H,10,14,28-29H2,1-2H3,(H2,30,32)/p+1/t18-/m0/s1. The fraction of sp³-hybridized carbons (Fsp3) is 0.192. The van der Waals surface area contributed by atoms with Crippen molar-refractivity contribution < 1.29 is 14.6 Å². The lowest BCUT2D eigenvalue weighted by atomic mass is 10.0. The van der Waals surface area contributed by atoms with E-state index in [1.807, 2.05) is 55.5 Å². The SMILES string of the molecule is CC(=[NH2+])c1cc(-c2cc(OC[C@@H](N)Cc3ccccc3)c(N)nc2-c2ccoc2C)ncc1N. The van der Waals surface area contributed by atoms with Crippen molar-refractivity contribution in [1.29, 1.82) is 0 Å². The van der Waals surface area contributed by atoms with E-state index in [0.29, 0.717) is 51.8 Å². The summed E-state index contributed by atoms with van der Waals surface area (Å²) in [5.41, 5.74) is 24.4. The van der Waals surface area contributed by atoms with Crippen molar-refractivity contribution in [3.63, 3.8) is 0 Å². The Morgan fingerprint density at radius 3 is 2.56 bits per heavy atom. The first-order valence-corrected chi connectivity index (χ1v) is 11.0. The summed E-state index contributed by atoms with van der Waals surface area (Å²) in [7, 11) is 0. The van der Waals surface area contributed by atoms with Crippen LogP contribution in [0.5, 0.6) is 5.75 Å². The van der Waals surface area contributed by atoms with Crippen LogP contribution in [-0.4, -0.2) is 28.3 Å². The average Bonchev–Trinajstić information content (AvgIpc) is 3.24. The highest BCUT2D eigenvalue weighted by atomic mass is 16.5. The van der Waals surface area contributed by atoms with Gasteiger partial charge in [-0.3, -0.25) is 10.4 Å². The van der Waals surface area contributed by atoms with E-state index in [4.69, 9.17) is 31.8 Å². The van der Waals surface area contributed by atoms with Crippen molar-refractivity contribution in [1.82, 2.24) is 9.97 Å². The van der Waals surface area contributed by atoms with Gasteiger partial charge in [-0.2, -0.15) is 0 Å². The molecule has 1 atom stereocenters. The van der Waals surface area contributed by atoms with Gasteiger partial charge in [0.15, 0.2) is 17.3 Å². The Hall–Kier alpha value is -4.17. The lowest BCUT2D eigenvalue weighted by Gasteiger charge is -2.17. The summed E-state index contributed by atoms with van der Waals surface area (Å²) < 4.78 is 11.5. The molecule has 0 bridgehead atoms. The zero-order valence-electron chi connectivity index (χ0n) is 19.3. The van der Waals surface area contributed by atoms with Gasteiger partial charge in [-0.05, 0) is 37.1 Å². The molecule has 4 rings (SSSR count). The van der Waals surface area contributed by atoms with Gasteiger partial charge in [0, 0.05) is 24.1 Å². The van der Waals surface area contributed by atoms with E-state index in [0.717, 1.165) is 11.1 Å². The number of nitrogens with two attached hydrogens (primary N) is 4. The molecule has 8 N–H and O–H groups in total. The Morgan fingerprint density at radius 2 is 1.88 bits per heavy atom. The molecule has 3 aromatic heterocycles. The van der Waals surface area contributed by atoms with Gasteiger partial charge in [-0.1, -0.05) is 30.3 Å². The number of ether oxygens (including phenoxy) is 1. The largest absolute Gasteiger partial charge is 0.488 e. The molecule has 8 heteroatoms. The predicted molar refractivity (Wildman–Crippen MR) is 134 cm³/mol. The first-order valence-electron chi connectivity index (χ1n) is 11.0. The van der Waals surface area contributed by atoms with Crippen LogP contribution in [0, 0.1) is 6.92 Å². The molecule has 8 nitrogen and oxygen atoms in total. The maximum absolute atomic E-state index is 6.31. The molecule has 0 saturated heterocycles. The fourth-order valence-corrected chi connectivity index (χ4v) is 3.78. The van der Waals surface area contributed by atoms with E-state index in [9.17, 15) is 0 Å². The van der Waals surface area contributed by atoms with Gasteiger partial charge in [-0.15, -0.1) is 0 Å². The molecule has 174 valence electrons. The lowest BCUT2D eigenvalue weighted by Crippen LogP contribution is -2.38. The number of hydrogen-bond acceptors (Lipinski definition) is 7. The summed E-state index contributed by atoms with van der Waals surface area (Å²) >= 11 is 0. The summed E-state index contributed by atoms with van der Waals surface area (Å²) in [6, 6.07) is 15.3. The Balaban J connectivity index is 1.70. The maximum Gasteiger partial charge on any atom is 0.179 e. The van der Waals surface area contributed by atoms with Crippen molar-refractivity contribution in [3.8, 4) is 28.3 Å². The monoisotopic (exact) mass is 457 g/mol. The zero-order valence-corrected chi connectivity index (χ0v) is 19.3. The highest BCUT2D eigenvalue weighted by Gasteiger charge is 2.20. The molecule has 0 radical (unpaired) electrons. The fourth-order valence-electron chi connectivity index (χ4n) is 3.78. The van der Waals surface area contributed by atoms with Crippen LogP contribution in [0.3, 0.4) is 0 Å². The lowest BCUT2D eigenvalue weighted by molar-refractivity contribution is -0.113. The quantitative estimate of drug-likeness (QED) is 0.296. The first kappa shape index (κ1) is 23.0. The Morgan fingerprint density at radius 1 is 1.12 bits per heavy atom. The molecular formula is C26H29N6O2+. The van der Waals surface area contributed by atoms with Crippen molar-refractivity contribution >= 4 is 17.2 Å². The van der Waals surface area contributed by atoms with E-state index in [1.165, 1.54) is 0 Å². The van der Waals surface area contributed by atoms with Crippen LogP contribution in [0.4, 0.5) is 11.5 Å². The third kappa shape index (κ3) is 4.92.